The van der Waals surface area contributed by atoms with E-state index in [0.29, 0.717) is 5.75 Å². The monoisotopic (exact) mass is 526 g/mol. The second kappa shape index (κ2) is 12.0. The first-order valence-electron chi connectivity index (χ1n) is 11.7. The highest BCUT2D eigenvalue weighted by Gasteiger charge is 2.17. The van der Waals surface area contributed by atoms with Gasteiger partial charge >= 0.3 is 6.61 Å². The van der Waals surface area contributed by atoms with Crippen molar-refractivity contribution in [2.24, 2.45) is 0 Å². The zero-order chi connectivity index (χ0) is 27.1. The van der Waals surface area contributed by atoms with Gasteiger partial charge in [0.15, 0.2) is 15.4 Å². The van der Waals surface area contributed by atoms with Crippen molar-refractivity contribution in [3.63, 3.8) is 0 Å². The number of ether oxygens (including phenoxy) is 2. The average Bonchev–Trinajstić information content (AvgIpc) is 2.85. The van der Waals surface area contributed by atoms with Crippen LogP contribution < -0.4 is 9.47 Å². The molecule has 0 aromatic heterocycles. The van der Waals surface area contributed by atoms with Crippen molar-refractivity contribution in [3.05, 3.63) is 89.5 Å². The van der Waals surface area contributed by atoms with Crippen LogP contribution in [0.2, 0.25) is 0 Å². The number of rotatable bonds is 10. The average molecular weight is 527 g/mol. The standard InChI is InChI=1S/C29H28F2O5S/c1-4-37(33,34)27-15-9-23(10-16-27)20-24(32)19-22-7-5-21(6-8-22)17-18-29(2,3)36-26-13-11-25(12-14-26)35-28(30)31/h5-16,28H,4,19-20H2,1-3H3. The molecule has 0 atom stereocenters. The van der Waals surface area contributed by atoms with Crippen LogP contribution in [-0.4, -0.2) is 32.2 Å². The van der Waals surface area contributed by atoms with Crippen molar-refractivity contribution < 1.29 is 31.5 Å². The van der Waals surface area contributed by atoms with E-state index < -0.39 is 22.0 Å². The Bertz CT molecular complexity index is 1370. The molecule has 0 N–H and O–H groups in total. The summed E-state index contributed by atoms with van der Waals surface area (Å²) >= 11 is 0. The minimum absolute atomic E-state index is 0.0180. The third-order valence-electron chi connectivity index (χ3n) is 5.35. The maximum absolute atomic E-state index is 12.5. The lowest BCUT2D eigenvalue weighted by atomic mass is 10.0. The van der Waals surface area contributed by atoms with Crippen LogP contribution in [0.3, 0.4) is 0 Å². The number of sulfone groups is 1. The second-order valence-corrected chi connectivity index (χ2v) is 11.1. The lowest BCUT2D eigenvalue weighted by Crippen LogP contribution is -2.25. The Morgan fingerprint density at radius 3 is 1.89 bits per heavy atom. The fraction of sp³-hybridized carbons (Fsp3) is 0.276. The van der Waals surface area contributed by atoms with Crippen molar-refractivity contribution in [1.82, 2.24) is 0 Å². The highest BCUT2D eigenvalue weighted by Crippen LogP contribution is 2.23. The summed E-state index contributed by atoms with van der Waals surface area (Å²) in [6, 6.07) is 19.6. The van der Waals surface area contributed by atoms with Crippen LogP contribution in [0.4, 0.5) is 8.78 Å². The normalized spacial score (nSPS) is 11.5. The van der Waals surface area contributed by atoms with Crippen LogP contribution in [0.1, 0.15) is 37.5 Å². The first-order valence-corrected chi connectivity index (χ1v) is 13.3. The minimum Gasteiger partial charge on any atom is -0.475 e. The molecule has 0 unspecified atom stereocenters. The summed E-state index contributed by atoms with van der Waals surface area (Å²) in [5.41, 5.74) is 1.52. The van der Waals surface area contributed by atoms with Gasteiger partial charge in [-0.15, -0.1) is 0 Å². The molecule has 3 aromatic rings. The van der Waals surface area contributed by atoms with E-state index in [-0.39, 0.29) is 35.0 Å². The van der Waals surface area contributed by atoms with Gasteiger partial charge in [-0.05, 0) is 73.5 Å². The Morgan fingerprint density at radius 2 is 1.38 bits per heavy atom. The Balaban J connectivity index is 1.55. The van der Waals surface area contributed by atoms with Gasteiger partial charge in [0.2, 0.25) is 0 Å². The smallest absolute Gasteiger partial charge is 0.387 e. The molecule has 3 rings (SSSR count). The van der Waals surface area contributed by atoms with Crippen LogP contribution in [0.25, 0.3) is 0 Å². The summed E-state index contributed by atoms with van der Waals surface area (Å²) < 4.78 is 58.6. The number of carbonyl (C=O) groups is 1. The molecule has 0 aliphatic heterocycles. The van der Waals surface area contributed by atoms with Crippen molar-refractivity contribution in [2.45, 2.75) is 50.7 Å². The van der Waals surface area contributed by atoms with Gasteiger partial charge in [-0.25, -0.2) is 8.42 Å². The van der Waals surface area contributed by atoms with Crippen LogP contribution >= 0.6 is 0 Å². The van der Waals surface area contributed by atoms with E-state index >= 15 is 0 Å². The van der Waals surface area contributed by atoms with E-state index in [0.717, 1.165) is 16.7 Å². The largest absolute Gasteiger partial charge is 0.475 e. The molecule has 0 heterocycles. The zero-order valence-corrected chi connectivity index (χ0v) is 21.6. The van der Waals surface area contributed by atoms with Crippen molar-refractivity contribution in [3.8, 4) is 23.3 Å². The van der Waals surface area contributed by atoms with Crippen molar-refractivity contribution >= 4 is 15.6 Å². The lowest BCUT2D eigenvalue weighted by molar-refractivity contribution is -0.117. The van der Waals surface area contributed by atoms with E-state index in [1.165, 1.54) is 36.4 Å². The first kappa shape index (κ1) is 27.9. The number of alkyl halides is 2. The quantitative estimate of drug-likeness (QED) is 0.320. The summed E-state index contributed by atoms with van der Waals surface area (Å²) in [6.07, 6.45) is 0.470. The minimum atomic E-state index is -3.26. The van der Waals surface area contributed by atoms with Crippen molar-refractivity contribution in [2.75, 3.05) is 5.75 Å². The molecule has 0 saturated heterocycles. The molecule has 0 fully saturated rings. The van der Waals surface area contributed by atoms with Gasteiger partial charge < -0.3 is 9.47 Å². The van der Waals surface area contributed by atoms with Gasteiger partial charge in [0.1, 0.15) is 17.3 Å². The Morgan fingerprint density at radius 1 is 0.865 bits per heavy atom. The number of carbonyl (C=O) groups excluding carboxylic acids is 1. The predicted octanol–water partition coefficient (Wildman–Crippen LogP) is 5.65. The van der Waals surface area contributed by atoms with E-state index in [2.05, 4.69) is 16.6 Å². The first-order chi connectivity index (χ1) is 17.5. The van der Waals surface area contributed by atoms with Gasteiger partial charge in [0, 0.05) is 18.4 Å². The molecule has 5 nitrogen and oxygen atoms in total. The summed E-state index contributed by atoms with van der Waals surface area (Å²) in [4.78, 5) is 12.8. The molecule has 0 bridgehead atoms. The maximum Gasteiger partial charge on any atom is 0.387 e. The number of halogens is 2. The molecule has 0 saturated carbocycles. The molecular formula is C29H28F2O5S. The van der Waals surface area contributed by atoms with Crippen LogP contribution in [-0.2, 0) is 27.5 Å². The molecule has 0 radical (unpaired) electrons. The topological polar surface area (TPSA) is 69.7 Å². The third kappa shape index (κ3) is 8.72. The highest BCUT2D eigenvalue weighted by molar-refractivity contribution is 7.91. The molecule has 0 aliphatic carbocycles. The van der Waals surface area contributed by atoms with Gasteiger partial charge in [-0.2, -0.15) is 8.78 Å². The Kier molecular flexibility index (Phi) is 9.06. The summed E-state index contributed by atoms with van der Waals surface area (Å²) in [7, 11) is -3.26. The van der Waals surface area contributed by atoms with Crippen LogP contribution in [0.15, 0.2) is 77.7 Å². The SMILES string of the molecule is CCS(=O)(=O)c1ccc(CC(=O)Cc2ccc(C#CC(C)(C)Oc3ccc(OC(F)F)cc3)cc2)cc1. The van der Waals surface area contributed by atoms with Crippen molar-refractivity contribution in [1.29, 1.82) is 0 Å². The number of ketones is 1. The molecule has 0 aliphatic rings. The van der Waals surface area contributed by atoms with E-state index in [4.69, 9.17) is 4.74 Å². The van der Waals surface area contributed by atoms with E-state index in [1.54, 1.807) is 32.9 Å². The molecular weight excluding hydrogens is 498 g/mol. The van der Waals surface area contributed by atoms with E-state index in [1.807, 2.05) is 24.3 Å². The number of Topliss-reactive ketones (excluding diaryl/α,β-unsaturated/α-hetero) is 1. The molecule has 0 spiro atoms. The Labute approximate surface area is 216 Å². The molecule has 8 heteroatoms. The molecule has 0 amide bonds. The van der Waals surface area contributed by atoms with E-state index in [9.17, 15) is 22.0 Å². The van der Waals surface area contributed by atoms with Gasteiger partial charge in [0.25, 0.3) is 0 Å². The fourth-order valence-corrected chi connectivity index (χ4v) is 4.32. The second-order valence-electron chi connectivity index (χ2n) is 8.85. The number of hydrogen-bond acceptors (Lipinski definition) is 5. The molecule has 37 heavy (non-hydrogen) atoms. The molecule has 3 aromatic carbocycles. The zero-order valence-electron chi connectivity index (χ0n) is 20.8. The summed E-state index contributed by atoms with van der Waals surface area (Å²) in [6.45, 7) is 2.29. The van der Waals surface area contributed by atoms with Crippen LogP contribution in [0.5, 0.6) is 11.5 Å². The van der Waals surface area contributed by atoms with Gasteiger partial charge in [0.05, 0.1) is 10.6 Å². The number of hydrogen-bond donors (Lipinski definition) is 0. The van der Waals surface area contributed by atoms with Gasteiger partial charge in [-0.3, -0.25) is 4.79 Å². The number of benzene rings is 3. The predicted molar refractivity (Wildman–Crippen MR) is 138 cm³/mol. The fourth-order valence-electron chi connectivity index (χ4n) is 3.44. The Hall–Kier alpha value is -3.70. The summed E-state index contributed by atoms with van der Waals surface area (Å²) in [5.74, 6) is 6.67. The third-order valence-corrected chi connectivity index (χ3v) is 7.10. The van der Waals surface area contributed by atoms with Crippen LogP contribution in [0, 0.1) is 11.8 Å². The van der Waals surface area contributed by atoms with Gasteiger partial charge in [-0.1, -0.05) is 43.0 Å². The highest BCUT2D eigenvalue weighted by atomic mass is 32.2. The molecule has 194 valence electrons. The summed E-state index contributed by atoms with van der Waals surface area (Å²) in [5, 5.41) is 0. The maximum atomic E-state index is 12.5. The lowest BCUT2D eigenvalue weighted by Gasteiger charge is -2.20.